The number of nitrogens with one attached hydrogen (secondary N) is 1. The van der Waals surface area contributed by atoms with Crippen molar-refractivity contribution in [2.24, 2.45) is 5.92 Å². The third-order valence-electron chi connectivity index (χ3n) is 3.83. The van der Waals surface area contributed by atoms with E-state index in [-0.39, 0.29) is 0 Å². The topological polar surface area (TPSA) is 67.9 Å². The van der Waals surface area contributed by atoms with Gasteiger partial charge < -0.3 is 9.72 Å². The molecule has 1 fully saturated rings. The highest BCUT2D eigenvalue weighted by Gasteiger charge is 2.22. The van der Waals surface area contributed by atoms with Crippen LogP contribution in [0.3, 0.4) is 0 Å². The van der Waals surface area contributed by atoms with Crippen molar-refractivity contribution < 1.29 is 8.95 Å². The number of fused-ring (bicyclic) bond motifs is 1. The monoisotopic (exact) mass is 327 g/mol. The first-order valence-corrected chi connectivity index (χ1v) is 9.01. The van der Waals surface area contributed by atoms with Crippen molar-refractivity contribution in [2.75, 3.05) is 6.61 Å². The molecule has 1 aliphatic carbocycles. The van der Waals surface area contributed by atoms with Crippen LogP contribution in [0, 0.1) is 5.92 Å². The Kier molecular flexibility index (Phi) is 3.83. The molecule has 2 heterocycles. The average Bonchev–Trinajstić information content (AvgIpc) is 3.29. The second-order valence-corrected chi connectivity index (χ2v) is 7.15. The van der Waals surface area contributed by atoms with E-state index in [4.69, 9.17) is 4.74 Å². The van der Waals surface area contributed by atoms with Gasteiger partial charge >= 0.3 is 0 Å². The Morgan fingerprint density at radius 2 is 2.13 bits per heavy atom. The largest absolute Gasteiger partial charge is 0.493 e. The molecule has 1 aliphatic rings. The van der Waals surface area contributed by atoms with Gasteiger partial charge in [-0.25, -0.2) is 4.98 Å². The van der Waals surface area contributed by atoms with Gasteiger partial charge in [-0.05, 0) is 37.0 Å². The van der Waals surface area contributed by atoms with E-state index in [0.717, 1.165) is 29.1 Å². The van der Waals surface area contributed by atoms with Crippen molar-refractivity contribution >= 4 is 21.8 Å². The molecule has 1 saturated carbocycles. The normalized spacial score (nSPS) is 15.7. The predicted molar refractivity (Wildman–Crippen MR) is 88.7 cm³/mol. The summed E-state index contributed by atoms with van der Waals surface area (Å²) in [7, 11) is -1.26. The number of H-pyrrole nitrogens is 1. The molecule has 0 amide bonds. The molecular formula is C17H17N3O2S. The van der Waals surface area contributed by atoms with Gasteiger partial charge in [0.05, 0.1) is 39.9 Å². The molecule has 0 aliphatic heterocycles. The molecule has 6 heteroatoms. The summed E-state index contributed by atoms with van der Waals surface area (Å²) in [6.45, 7) is 0.760. The van der Waals surface area contributed by atoms with Crippen LogP contribution in [0.25, 0.3) is 11.0 Å². The molecule has 0 bridgehead atoms. The summed E-state index contributed by atoms with van der Waals surface area (Å²) < 4.78 is 18.3. The van der Waals surface area contributed by atoms with Gasteiger partial charge in [0.15, 0.2) is 5.16 Å². The predicted octanol–water partition coefficient (Wildman–Crippen LogP) is 3.05. The number of hydrogen-bond donors (Lipinski definition) is 1. The number of ether oxygens (including phenoxy) is 1. The Hall–Kier alpha value is -2.21. The molecule has 1 unspecified atom stereocenters. The first kappa shape index (κ1) is 14.4. The van der Waals surface area contributed by atoms with Gasteiger partial charge in [-0.3, -0.25) is 9.19 Å². The fourth-order valence-corrected chi connectivity index (χ4v) is 3.35. The number of benzene rings is 1. The molecule has 5 nitrogen and oxygen atoms in total. The van der Waals surface area contributed by atoms with Gasteiger partial charge in [0, 0.05) is 12.3 Å². The fraction of sp³-hybridized carbons (Fsp3) is 0.294. The van der Waals surface area contributed by atoms with E-state index in [1.165, 1.54) is 12.8 Å². The maximum atomic E-state index is 12.5. The van der Waals surface area contributed by atoms with Crippen molar-refractivity contribution in [3.05, 3.63) is 48.3 Å². The molecule has 23 heavy (non-hydrogen) atoms. The van der Waals surface area contributed by atoms with Crippen LogP contribution in [0.4, 0.5) is 0 Å². The second kappa shape index (κ2) is 6.12. The number of hydrogen-bond acceptors (Lipinski definition) is 4. The van der Waals surface area contributed by atoms with Crippen LogP contribution in [0.2, 0.25) is 0 Å². The fourth-order valence-electron chi connectivity index (χ4n) is 2.36. The summed E-state index contributed by atoms with van der Waals surface area (Å²) >= 11 is 0. The molecule has 4 rings (SSSR count). The van der Waals surface area contributed by atoms with Gasteiger partial charge in [0.25, 0.3) is 0 Å². The van der Waals surface area contributed by atoms with Crippen molar-refractivity contribution in [1.29, 1.82) is 0 Å². The zero-order chi connectivity index (χ0) is 15.6. The molecule has 3 aromatic rings. The number of pyridine rings is 1. The Bertz CT molecular complexity index is 825. The Balaban J connectivity index is 1.47. The minimum Gasteiger partial charge on any atom is -0.493 e. The number of nitrogens with zero attached hydrogens (tertiary/aromatic N) is 2. The highest BCUT2D eigenvalue weighted by Crippen LogP contribution is 2.29. The summed E-state index contributed by atoms with van der Waals surface area (Å²) in [5.41, 5.74) is 2.47. The van der Waals surface area contributed by atoms with E-state index < -0.39 is 10.8 Å². The van der Waals surface area contributed by atoms with Gasteiger partial charge in [0.2, 0.25) is 0 Å². The first-order valence-electron chi connectivity index (χ1n) is 7.69. The number of aromatic amines is 1. The number of rotatable bonds is 6. The molecule has 0 radical (unpaired) electrons. The summed E-state index contributed by atoms with van der Waals surface area (Å²) in [6.07, 6.45) is 4.22. The average molecular weight is 327 g/mol. The van der Waals surface area contributed by atoms with E-state index in [1.807, 2.05) is 36.4 Å². The van der Waals surface area contributed by atoms with Crippen LogP contribution in [0.15, 0.2) is 47.8 Å². The van der Waals surface area contributed by atoms with Crippen LogP contribution in [0.5, 0.6) is 5.75 Å². The van der Waals surface area contributed by atoms with E-state index >= 15 is 0 Å². The second-order valence-electron chi connectivity index (χ2n) is 5.79. The molecule has 1 atom stereocenters. The van der Waals surface area contributed by atoms with E-state index in [0.29, 0.717) is 16.8 Å². The quantitative estimate of drug-likeness (QED) is 0.755. The maximum absolute atomic E-state index is 12.5. The number of para-hydroxylation sites is 2. The van der Waals surface area contributed by atoms with E-state index in [1.54, 1.807) is 6.20 Å². The highest BCUT2D eigenvalue weighted by molar-refractivity contribution is 7.84. The van der Waals surface area contributed by atoms with E-state index in [9.17, 15) is 4.21 Å². The molecule has 118 valence electrons. The number of imidazole rings is 1. The molecule has 1 aromatic carbocycles. The van der Waals surface area contributed by atoms with Crippen LogP contribution in [-0.4, -0.2) is 25.8 Å². The van der Waals surface area contributed by atoms with Gasteiger partial charge in [-0.2, -0.15) is 0 Å². The van der Waals surface area contributed by atoms with Gasteiger partial charge in [-0.1, -0.05) is 12.1 Å². The molecule has 0 saturated heterocycles. The van der Waals surface area contributed by atoms with Crippen molar-refractivity contribution in [2.45, 2.75) is 23.8 Å². The minimum absolute atomic E-state index is 0.320. The lowest BCUT2D eigenvalue weighted by Gasteiger charge is -2.06. The summed E-state index contributed by atoms with van der Waals surface area (Å²) in [6, 6.07) is 11.4. The van der Waals surface area contributed by atoms with Crippen molar-refractivity contribution in [3.63, 3.8) is 0 Å². The molecule has 2 aromatic heterocycles. The molecule has 1 N–H and O–H groups in total. The Morgan fingerprint density at radius 3 is 2.96 bits per heavy atom. The third-order valence-corrected chi connectivity index (χ3v) is 5.02. The standard InChI is InChI=1S/C17H17N3O2S/c21-23(17-19-15-3-1-2-4-16(15)20-17)11-13-9-14(7-8-18-13)22-10-12-5-6-12/h1-4,7-9,12H,5-6,10-11H2,(H,19,20). The van der Waals surface area contributed by atoms with Crippen LogP contribution < -0.4 is 4.74 Å². The van der Waals surface area contributed by atoms with Gasteiger partial charge in [-0.15, -0.1) is 0 Å². The van der Waals surface area contributed by atoms with Crippen molar-refractivity contribution in [3.8, 4) is 5.75 Å². The lowest BCUT2D eigenvalue weighted by molar-refractivity contribution is 0.299. The van der Waals surface area contributed by atoms with Crippen LogP contribution in [-0.2, 0) is 16.6 Å². The third kappa shape index (κ3) is 3.42. The summed E-state index contributed by atoms with van der Waals surface area (Å²) in [5, 5.41) is 0.484. The smallest absolute Gasteiger partial charge is 0.197 e. The maximum Gasteiger partial charge on any atom is 0.197 e. The molecule has 0 spiro atoms. The zero-order valence-corrected chi connectivity index (χ0v) is 13.4. The summed E-state index contributed by atoms with van der Waals surface area (Å²) in [5.74, 6) is 1.82. The SMILES string of the molecule is O=S(Cc1cc(OCC2CC2)ccn1)c1nc2ccccc2[nH]1. The van der Waals surface area contributed by atoms with Crippen LogP contribution >= 0.6 is 0 Å². The van der Waals surface area contributed by atoms with E-state index in [2.05, 4.69) is 15.0 Å². The number of aromatic nitrogens is 3. The Morgan fingerprint density at radius 1 is 1.26 bits per heavy atom. The van der Waals surface area contributed by atoms with Crippen molar-refractivity contribution in [1.82, 2.24) is 15.0 Å². The highest BCUT2D eigenvalue weighted by atomic mass is 32.2. The van der Waals surface area contributed by atoms with Gasteiger partial charge in [0.1, 0.15) is 5.75 Å². The Labute approximate surface area is 136 Å². The van der Waals surface area contributed by atoms with Crippen LogP contribution in [0.1, 0.15) is 18.5 Å². The summed E-state index contributed by atoms with van der Waals surface area (Å²) in [4.78, 5) is 11.8. The molecular weight excluding hydrogens is 310 g/mol. The lowest BCUT2D eigenvalue weighted by atomic mass is 10.3. The minimum atomic E-state index is -1.26. The lowest BCUT2D eigenvalue weighted by Crippen LogP contribution is -2.03. The zero-order valence-electron chi connectivity index (χ0n) is 12.6. The first-order chi connectivity index (χ1) is 11.3.